The Bertz CT molecular complexity index is 571. The van der Waals surface area contributed by atoms with Crippen molar-refractivity contribution in [3.05, 3.63) is 33.6 Å². The minimum atomic E-state index is -0.324. The van der Waals surface area contributed by atoms with Crippen molar-refractivity contribution in [1.82, 2.24) is 15.2 Å². The maximum absolute atomic E-state index is 11.6. The molecule has 0 radical (unpaired) electrons. The van der Waals surface area contributed by atoms with Crippen LogP contribution in [0.5, 0.6) is 0 Å². The van der Waals surface area contributed by atoms with Gasteiger partial charge >= 0.3 is 0 Å². The summed E-state index contributed by atoms with van der Waals surface area (Å²) in [5, 5.41) is 10.5. The van der Waals surface area contributed by atoms with E-state index in [1.54, 1.807) is 5.38 Å². The minimum Gasteiger partial charge on any atom is -0.375 e. The van der Waals surface area contributed by atoms with E-state index in [0.29, 0.717) is 10.8 Å². The molecule has 8 heteroatoms. The summed E-state index contributed by atoms with van der Waals surface area (Å²) in [6.07, 6.45) is 0.120. The van der Waals surface area contributed by atoms with Gasteiger partial charge in [0, 0.05) is 11.4 Å². The number of aromatic amines is 1. The highest BCUT2D eigenvalue weighted by Crippen LogP contribution is 2.11. The Balaban J connectivity index is 1.97. The molecule has 0 bridgehead atoms. The number of carbonyl (C=O) groups excluding carboxylic acids is 1. The second kappa shape index (κ2) is 4.74. The van der Waals surface area contributed by atoms with Crippen LogP contribution in [0.2, 0.25) is 0 Å². The Morgan fingerprint density at radius 2 is 2.35 bits per heavy atom. The number of carbonyl (C=O) groups is 1. The summed E-state index contributed by atoms with van der Waals surface area (Å²) < 4.78 is 0. The molecule has 2 aromatic heterocycles. The maximum atomic E-state index is 11.6. The average molecular weight is 251 g/mol. The Hall–Kier alpha value is -2.22. The van der Waals surface area contributed by atoms with Crippen molar-refractivity contribution in [2.75, 3.05) is 11.1 Å². The van der Waals surface area contributed by atoms with Gasteiger partial charge in [-0.3, -0.25) is 9.59 Å². The molecule has 0 saturated heterocycles. The lowest BCUT2D eigenvalue weighted by Gasteiger charge is -2.01. The SMILES string of the molecule is Nc1nc(CC(=O)Nc2ccc(=O)[nH]n2)cs1. The van der Waals surface area contributed by atoms with Crippen LogP contribution in [0, 0.1) is 0 Å². The van der Waals surface area contributed by atoms with Crippen LogP contribution in [-0.2, 0) is 11.2 Å². The quantitative estimate of drug-likeness (QED) is 0.710. The smallest absolute Gasteiger partial charge is 0.264 e. The number of thiazole rings is 1. The third kappa shape index (κ3) is 3.11. The van der Waals surface area contributed by atoms with Crippen LogP contribution in [0.4, 0.5) is 10.9 Å². The average Bonchev–Trinajstić information content (AvgIpc) is 2.67. The molecule has 2 aromatic rings. The molecular formula is C9H9N5O2S. The van der Waals surface area contributed by atoms with E-state index in [1.165, 1.54) is 23.5 Å². The van der Waals surface area contributed by atoms with Crippen molar-refractivity contribution in [2.45, 2.75) is 6.42 Å². The highest BCUT2D eigenvalue weighted by molar-refractivity contribution is 7.13. The molecule has 0 spiro atoms. The van der Waals surface area contributed by atoms with Crippen LogP contribution in [-0.4, -0.2) is 21.1 Å². The Morgan fingerprint density at radius 1 is 1.53 bits per heavy atom. The van der Waals surface area contributed by atoms with Gasteiger partial charge in [-0.05, 0) is 6.07 Å². The number of nitrogens with zero attached hydrogens (tertiary/aromatic N) is 2. The van der Waals surface area contributed by atoms with Crippen LogP contribution in [0.1, 0.15) is 5.69 Å². The van der Waals surface area contributed by atoms with E-state index >= 15 is 0 Å². The highest BCUT2D eigenvalue weighted by atomic mass is 32.1. The van der Waals surface area contributed by atoms with Gasteiger partial charge < -0.3 is 11.1 Å². The van der Waals surface area contributed by atoms with Crippen molar-refractivity contribution >= 4 is 28.2 Å². The summed E-state index contributed by atoms with van der Waals surface area (Å²) in [6, 6.07) is 2.70. The van der Waals surface area contributed by atoms with Gasteiger partial charge in [0.1, 0.15) is 0 Å². The van der Waals surface area contributed by atoms with Crippen molar-refractivity contribution in [3.8, 4) is 0 Å². The zero-order chi connectivity index (χ0) is 12.3. The van der Waals surface area contributed by atoms with Crippen LogP contribution in [0.25, 0.3) is 0 Å². The number of hydrogen-bond acceptors (Lipinski definition) is 6. The molecule has 1 amide bonds. The lowest BCUT2D eigenvalue weighted by atomic mass is 10.3. The standard InChI is InChI=1S/C9H9N5O2S/c10-9-11-5(4-17-9)3-8(16)12-6-1-2-7(15)14-13-6/h1-2,4H,3H2,(H2,10,11)(H,14,15)(H,12,13,16). The molecule has 17 heavy (non-hydrogen) atoms. The first kappa shape index (κ1) is 11.3. The molecule has 0 atom stereocenters. The van der Waals surface area contributed by atoms with Crippen LogP contribution in [0.3, 0.4) is 0 Å². The fourth-order valence-electron chi connectivity index (χ4n) is 1.17. The number of anilines is 2. The largest absolute Gasteiger partial charge is 0.375 e. The Morgan fingerprint density at radius 3 is 2.94 bits per heavy atom. The number of hydrogen-bond donors (Lipinski definition) is 3. The fraction of sp³-hybridized carbons (Fsp3) is 0.111. The van der Waals surface area contributed by atoms with Gasteiger partial charge in [-0.1, -0.05) is 0 Å². The number of amides is 1. The van der Waals surface area contributed by atoms with Gasteiger partial charge in [-0.2, -0.15) is 5.10 Å². The second-order valence-corrected chi connectivity index (χ2v) is 4.10. The number of nitrogens with one attached hydrogen (secondary N) is 2. The van der Waals surface area contributed by atoms with Gasteiger partial charge in [0.15, 0.2) is 10.9 Å². The third-order valence-electron chi connectivity index (χ3n) is 1.86. The van der Waals surface area contributed by atoms with E-state index in [2.05, 4.69) is 20.5 Å². The molecule has 0 saturated carbocycles. The van der Waals surface area contributed by atoms with E-state index in [0.717, 1.165) is 0 Å². The number of H-pyrrole nitrogens is 1. The normalized spacial score (nSPS) is 10.1. The second-order valence-electron chi connectivity index (χ2n) is 3.21. The lowest BCUT2D eigenvalue weighted by molar-refractivity contribution is -0.115. The van der Waals surface area contributed by atoms with E-state index in [4.69, 9.17) is 5.73 Å². The fourth-order valence-corrected chi connectivity index (χ4v) is 1.73. The molecule has 0 fully saturated rings. The van der Waals surface area contributed by atoms with Crippen molar-refractivity contribution < 1.29 is 4.79 Å². The maximum Gasteiger partial charge on any atom is 0.264 e. The summed E-state index contributed by atoms with van der Waals surface area (Å²) in [5.74, 6) is 0.0210. The number of rotatable bonds is 3. The zero-order valence-electron chi connectivity index (χ0n) is 8.64. The van der Waals surface area contributed by atoms with E-state index in [-0.39, 0.29) is 23.7 Å². The molecule has 7 nitrogen and oxygen atoms in total. The molecule has 0 aromatic carbocycles. The molecule has 2 rings (SSSR count). The Labute approximate surface area is 99.7 Å². The Kier molecular flexibility index (Phi) is 3.15. The van der Waals surface area contributed by atoms with Gasteiger partial charge in [-0.15, -0.1) is 11.3 Å². The summed E-state index contributed by atoms with van der Waals surface area (Å²) in [4.78, 5) is 26.3. The first-order valence-electron chi connectivity index (χ1n) is 4.69. The summed E-state index contributed by atoms with van der Waals surface area (Å²) >= 11 is 1.28. The lowest BCUT2D eigenvalue weighted by Crippen LogP contribution is -2.17. The molecule has 0 aliphatic rings. The van der Waals surface area contributed by atoms with Gasteiger partial charge in [0.05, 0.1) is 12.1 Å². The highest BCUT2D eigenvalue weighted by Gasteiger charge is 2.07. The number of nitrogens with two attached hydrogens (primary N) is 1. The van der Waals surface area contributed by atoms with Gasteiger partial charge in [0.2, 0.25) is 5.91 Å². The molecule has 4 N–H and O–H groups in total. The first-order valence-corrected chi connectivity index (χ1v) is 5.57. The number of aromatic nitrogens is 3. The van der Waals surface area contributed by atoms with E-state index < -0.39 is 0 Å². The molecule has 0 aliphatic heterocycles. The molecule has 88 valence electrons. The third-order valence-corrected chi connectivity index (χ3v) is 2.58. The van der Waals surface area contributed by atoms with Gasteiger partial charge in [-0.25, -0.2) is 10.1 Å². The molecule has 0 aliphatic carbocycles. The van der Waals surface area contributed by atoms with Crippen LogP contribution in [0.15, 0.2) is 22.3 Å². The minimum absolute atomic E-state index is 0.120. The molecular weight excluding hydrogens is 242 g/mol. The first-order chi connectivity index (χ1) is 8.13. The monoisotopic (exact) mass is 251 g/mol. The van der Waals surface area contributed by atoms with E-state index in [1.807, 2.05) is 0 Å². The van der Waals surface area contributed by atoms with Crippen molar-refractivity contribution in [2.24, 2.45) is 0 Å². The van der Waals surface area contributed by atoms with Crippen molar-refractivity contribution in [1.29, 1.82) is 0 Å². The van der Waals surface area contributed by atoms with Crippen molar-refractivity contribution in [3.63, 3.8) is 0 Å². The topological polar surface area (TPSA) is 114 Å². The van der Waals surface area contributed by atoms with Crippen LogP contribution >= 0.6 is 11.3 Å². The predicted octanol–water partition coefficient (Wildman–Crippen LogP) is -0.0102. The zero-order valence-corrected chi connectivity index (χ0v) is 9.45. The predicted molar refractivity (Wildman–Crippen MR) is 63.7 cm³/mol. The molecule has 2 heterocycles. The van der Waals surface area contributed by atoms with Crippen LogP contribution < -0.4 is 16.6 Å². The summed E-state index contributed by atoms with van der Waals surface area (Å²) in [5.41, 5.74) is 5.73. The number of nitrogen functional groups attached to an aromatic ring is 1. The summed E-state index contributed by atoms with van der Waals surface area (Å²) in [7, 11) is 0. The van der Waals surface area contributed by atoms with Gasteiger partial charge in [0.25, 0.3) is 5.56 Å². The molecule has 0 unspecified atom stereocenters. The summed E-state index contributed by atoms with van der Waals surface area (Å²) in [6.45, 7) is 0. The van der Waals surface area contributed by atoms with E-state index in [9.17, 15) is 9.59 Å².